The summed E-state index contributed by atoms with van der Waals surface area (Å²) in [7, 11) is 2.55. The van der Waals surface area contributed by atoms with Gasteiger partial charge in [0.1, 0.15) is 22.7 Å². The third kappa shape index (κ3) is 5.41. The molecule has 41 heavy (non-hydrogen) atoms. The Bertz CT molecular complexity index is 1720. The molecule has 5 rings (SSSR count). The Hall–Kier alpha value is -4.62. The van der Waals surface area contributed by atoms with Gasteiger partial charge in [-0.1, -0.05) is 0 Å². The molecule has 1 aliphatic carbocycles. The molecule has 1 heterocycles. The number of fused-ring (bicyclic) bond motifs is 1. The first-order chi connectivity index (χ1) is 19.6. The minimum Gasteiger partial charge on any atom is -0.755 e. The molecule has 0 aliphatic heterocycles. The van der Waals surface area contributed by atoms with E-state index in [0.29, 0.717) is 22.1 Å². The first-order valence-corrected chi connectivity index (χ1v) is 13.5. The molecular weight excluding hydrogens is 557 g/mol. The molecule has 1 saturated carbocycles. The number of nitro benzene ring substituents is 1. The van der Waals surface area contributed by atoms with Crippen LogP contribution in [0.2, 0.25) is 0 Å². The Labute approximate surface area is 235 Å². The van der Waals surface area contributed by atoms with Gasteiger partial charge in [-0.3, -0.25) is 23.4 Å². The van der Waals surface area contributed by atoms with Gasteiger partial charge in [0.05, 0.1) is 24.1 Å². The number of carbonyl (C=O) groups is 2. The SMILES string of the molecule is CNC(=O)c1c(-c2ccc(F)cc2)oc2cc(CN(c3ccc([N+](=O)[O-])c(C(=O)OC)c3)S(=O)[O-])c(C3CC3)cc12. The van der Waals surface area contributed by atoms with Crippen LogP contribution in [0.4, 0.5) is 15.8 Å². The zero-order valence-electron chi connectivity index (χ0n) is 21.8. The molecule has 3 aromatic carbocycles. The summed E-state index contributed by atoms with van der Waals surface area (Å²) in [6.07, 6.45) is 1.72. The molecule has 1 unspecified atom stereocenters. The molecule has 0 radical (unpaired) electrons. The van der Waals surface area contributed by atoms with Crippen LogP contribution >= 0.6 is 0 Å². The van der Waals surface area contributed by atoms with Crippen LogP contribution in [-0.4, -0.2) is 39.7 Å². The number of hydrogen-bond donors (Lipinski definition) is 1. The van der Waals surface area contributed by atoms with Crippen LogP contribution in [0.1, 0.15) is 50.6 Å². The number of halogens is 1. The van der Waals surface area contributed by atoms with Gasteiger partial charge in [-0.25, -0.2) is 9.18 Å². The fourth-order valence-corrected chi connectivity index (χ4v) is 5.29. The van der Waals surface area contributed by atoms with Crippen molar-refractivity contribution >= 4 is 45.5 Å². The number of esters is 1. The summed E-state index contributed by atoms with van der Waals surface area (Å²) in [6, 6.07) is 12.4. The van der Waals surface area contributed by atoms with Gasteiger partial charge >= 0.3 is 5.97 Å². The molecule has 1 N–H and O–H groups in total. The van der Waals surface area contributed by atoms with Gasteiger partial charge in [-0.2, -0.15) is 0 Å². The summed E-state index contributed by atoms with van der Waals surface area (Å²) in [5.41, 5.74) is 1.58. The number of carbonyl (C=O) groups excluding carboxylic acids is 2. The fraction of sp³-hybridized carbons (Fsp3) is 0.214. The summed E-state index contributed by atoms with van der Waals surface area (Å²) in [6.45, 7) is -0.182. The largest absolute Gasteiger partial charge is 0.755 e. The molecule has 212 valence electrons. The quantitative estimate of drug-likeness (QED) is 0.126. The van der Waals surface area contributed by atoms with Crippen LogP contribution in [0, 0.1) is 15.9 Å². The molecule has 0 bridgehead atoms. The Kier molecular flexibility index (Phi) is 7.56. The average molecular weight is 581 g/mol. The third-order valence-corrected chi connectivity index (χ3v) is 7.59. The minimum absolute atomic E-state index is 0.0173. The predicted molar refractivity (Wildman–Crippen MR) is 147 cm³/mol. The molecule has 0 saturated heterocycles. The molecule has 13 heteroatoms. The first-order valence-electron chi connectivity index (χ1n) is 12.4. The standard InChI is InChI=1S/C28H24FN3O8S/c1-30-27(33)25-22-13-20(15-3-4-15)17(11-24(22)40-26(25)16-5-7-18(29)8-6-16)14-31(41(37)38)19-9-10-23(32(35)36)21(12-19)28(34)39-2/h5-13,15H,3-4,14H2,1-2H3,(H,30,33)(H,37,38)/p-1. The summed E-state index contributed by atoms with van der Waals surface area (Å²) in [4.78, 5) is 35.8. The Morgan fingerprint density at radius 1 is 1.17 bits per heavy atom. The third-order valence-electron chi connectivity index (χ3n) is 6.89. The molecular formula is C28H23FN3O8S-. The van der Waals surface area contributed by atoms with E-state index in [-0.39, 0.29) is 29.5 Å². The van der Waals surface area contributed by atoms with Crippen molar-refractivity contribution in [3.8, 4) is 11.3 Å². The lowest BCUT2D eigenvalue weighted by molar-refractivity contribution is -0.385. The highest BCUT2D eigenvalue weighted by Gasteiger charge is 2.31. The maximum absolute atomic E-state index is 13.6. The number of furan rings is 1. The molecule has 1 aromatic heterocycles. The van der Waals surface area contributed by atoms with Crippen LogP contribution < -0.4 is 9.62 Å². The van der Waals surface area contributed by atoms with Crippen molar-refractivity contribution in [2.24, 2.45) is 0 Å². The number of methoxy groups -OCH3 is 1. The normalized spacial score (nSPS) is 13.6. The number of nitrogens with one attached hydrogen (secondary N) is 1. The molecule has 1 atom stereocenters. The van der Waals surface area contributed by atoms with Crippen LogP contribution in [0.25, 0.3) is 22.3 Å². The summed E-state index contributed by atoms with van der Waals surface area (Å²) >= 11 is -2.84. The van der Waals surface area contributed by atoms with E-state index < -0.39 is 45.1 Å². The monoisotopic (exact) mass is 580 g/mol. The van der Waals surface area contributed by atoms with E-state index in [4.69, 9.17) is 4.42 Å². The number of rotatable bonds is 9. The van der Waals surface area contributed by atoms with Gasteiger partial charge in [-0.05, 0) is 78.4 Å². The molecule has 11 nitrogen and oxygen atoms in total. The molecule has 1 fully saturated rings. The van der Waals surface area contributed by atoms with Gasteiger partial charge in [0.15, 0.2) is 0 Å². The van der Waals surface area contributed by atoms with Crippen molar-refractivity contribution in [3.63, 3.8) is 0 Å². The van der Waals surface area contributed by atoms with Gasteiger partial charge in [-0.15, -0.1) is 0 Å². The van der Waals surface area contributed by atoms with E-state index in [9.17, 15) is 32.9 Å². The van der Waals surface area contributed by atoms with Gasteiger partial charge in [0, 0.05) is 41.0 Å². The number of nitrogens with zero attached hydrogens (tertiary/aromatic N) is 2. The molecule has 4 aromatic rings. The van der Waals surface area contributed by atoms with E-state index in [1.54, 1.807) is 6.07 Å². The number of hydrogen-bond acceptors (Lipinski definition) is 8. The number of anilines is 1. The second kappa shape index (κ2) is 11.1. The highest BCUT2D eigenvalue weighted by molar-refractivity contribution is 7.80. The van der Waals surface area contributed by atoms with Crippen molar-refractivity contribution in [1.29, 1.82) is 0 Å². The van der Waals surface area contributed by atoms with Gasteiger partial charge in [0.25, 0.3) is 11.6 Å². The summed E-state index contributed by atoms with van der Waals surface area (Å²) in [5, 5.41) is 14.6. The zero-order valence-corrected chi connectivity index (χ0v) is 22.7. The lowest BCUT2D eigenvalue weighted by Gasteiger charge is -2.27. The number of benzene rings is 3. The smallest absolute Gasteiger partial charge is 0.344 e. The molecule has 0 spiro atoms. The van der Waals surface area contributed by atoms with E-state index in [0.717, 1.165) is 42.0 Å². The zero-order chi connectivity index (χ0) is 29.4. The predicted octanol–water partition coefficient (Wildman–Crippen LogP) is 4.97. The van der Waals surface area contributed by atoms with Crippen LogP contribution in [0.15, 0.2) is 59.0 Å². The van der Waals surface area contributed by atoms with Crippen LogP contribution in [0.3, 0.4) is 0 Å². The first kappa shape index (κ1) is 27.9. The molecule has 1 amide bonds. The number of nitro groups is 1. The minimum atomic E-state index is -2.84. The highest BCUT2D eigenvalue weighted by atomic mass is 32.2. The van der Waals surface area contributed by atoms with Crippen LogP contribution in [0.5, 0.6) is 0 Å². The second-order valence-electron chi connectivity index (χ2n) is 9.42. The van der Waals surface area contributed by atoms with Crippen molar-refractivity contribution < 1.29 is 36.8 Å². The maximum atomic E-state index is 13.6. The maximum Gasteiger partial charge on any atom is 0.344 e. The van der Waals surface area contributed by atoms with Crippen LogP contribution in [-0.2, 0) is 22.5 Å². The van der Waals surface area contributed by atoms with Crippen molar-refractivity contribution in [2.75, 3.05) is 18.5 Å². The lowest BCUT2D eigenvalue weighted by Crippen LogP contribution is -2.26. The summed E-state index contributed by atoms with van der Waals surface area (Å²) < 4.78 is 50.1. The van der Waals surface area contributed by atoms with Crippen molar-refractivity contribution in [1.82, 2.24) is 5.32 Å². The molecule has 1 aliphatic rings. The Morgan fingerprint density at radius 3 is 2.46 bits per heavy atom. The number of ether oxygens (including phenoxy) is 1. The lowest BCUT2D eigenvalue weighted by atomic mass is 9.97. The summed E-state index contributed by atoms with van der Waals surface area (Å²) in [5.74, 6) is -1.47. The Morgan fingerprint density at radius 2 is 1.88 bits per heavy atom. The number of amides is 1. The van der Waals surface area contributed by atoms with Crippen molar-refractivity contribution in [3.05, 3.63) is 92.8 Å². The van der Waals surface area contributed by atoms with Crippen molar-refractivity contribution in [2.45, 2.75) is 25.3 Å². The van der Waals surface area contributed by atoms with E-state index in [1.807, 2.05) is 6.07 Å². The van der Waals surface area contributed by atoms with Gasteiger partial charge in [0.2, 0.25) is 0 Å². The fourth-order valence-electron chi connectivity index (χ4n) is 4.76. The van der Waals surface area contributed by atoms with E-state index in [2.05, 4.69) is 10.1 Å². The Balaban J connectivity index is 1.64. The van der Waals surface area contributed by atoms with E-state index in [1.165, 1.54) is 37.4 Å². The topological polar surface area (TPSA) is 155 Å². The van der Waals surface area contributed by atoms with E-state index >= 15 is 0 Å². The second-order valence-corrected chi connectivity index (χ2v) is 10.3. The highest BCUT2D eigenvalue weighted by Crippen LogP contribution is 2.45. The van der Waals surface area contributed by atoms with Gasteiger partial charge < -0.3 is 19.0 Å². The average Bonchev–Trinajstić information content (AvgIpc) is 3.74.